The molecule has 0 bridgehead atoms. The summed E-state index contributed by atoms with van der Waals surface area (Å²) in [6.45, 7) is 2.49. The molecule has 0 saturated carbocycles. The number of nitrogens with one attached hydrogen (secondary N) is 2. The minimum atomic E-state index is -0.149. The number of amides is 1. The molecule has 0 aliphatic carbocycles. The zero-order valence-electron chi connectivity index (χ0n) is 15.9. The molecule has 1 unspecified atom stereocenters. The zero-order valence-corrected chi connectivity index (χ0v) is 16.7. The molecule has 1 amide bonds. The van der Waals surface area contributed by atoms with Crippen molar-refractivity contribution in [2.75, 3.05) is 20.1 Å². The van der Waals surface area contributed by atoms with Gasteiger partial charge < -0.3 is 15.2 Å². The molecule has 28 heavy (non-hydrogen) atoms. The summed E-state index contributed by atoms with van der Waals surface area (Å²) in [6, 6.07) is 10.2. The molecule has 1 aliphatic heterocycles. The Morgan fingerprint density at radius 2 is 2.04 bits per heavy atom. The Kier molecular flexibility index (Phi) is 5.54. The number of aromatic nitrogens is 2. The predicted molar refractivity (Wildman–Crippen MR) is 112 cm³/mol. The Hall–Kier alpha value is -2.51. The summed E-state index contributed by atoms with van der Waals surface area (Å²) in [5, 5.41) is 5.24. The molecule has 3 aromatic rings. The van der Waals surface area contributed by atoms with Crippen molar-refractivity contribution in [2.24, 2.45) is 5.92 Å². The number of hydrogen-bond acceptors (Lipinski definition) is 5. The summed E-state index contributed by atoms with van der Waals surface area (Å²) in [5.74, 6) is 1.22. The molecule has 7 heteroatoms. The summed E-state index contributed by atoms with van der Waals surface area (Å²) in [7, 11) is 1.74. The number of nitrogens with zero attached hydrogens (tertiary/aromatic N) is 2. The van der Waals surface area contributed by atoms with E-state index in [9.17, 15) is 9.59 Å². The molecule has 1 atom stereocenters. The molecular formula is C21H24N4O2S. The SMILES string of the molecule is CN(Cc1nc2ccsc2c(=O)[nH]1)C(=O)Cc1ccc(CC2CCNC2)cc1. The van der Waals surface area contributed by atoms with Crippen LogP contribution in [0.1, 0.15) is 23.4 Å². The smallest absolute Gasteiger partial charge is 0.268 e. The van der Waals surface area contributed by atoms with E-state index in [2.05, 4.69) is 27.4 Å². The lowest BCUT2D eigenvalue weighted by atomic mass is 9.97. The lowest BCUT2D eigenvalue weighted by molar-refractivity contribution is -0.129. The molecular weight excluding hydrogens is 372 g/mol. The van der Waals surface area contributed by atoms with E-state index in [1.807, 2.05) is 23.6 Å². The number of aromatic amines is 1. The van der Waals surface area contributed by atoms with Crippen LogP contribution in [0.15, 0.2) is 40.5 Å². The summed E-state index contributed by atoms with van der Waals surface area (Å²) < 4.78 is 0.617. The topological polar surface area (TPSA) is 78.1 Å². The fourth-order valence-electron chi connectivity index (χ4n) is 3.63. The van der Waals surface area contributed by atoms with Crippen LogP contribution < -0.4 is 10.9 Å². The standard InChI is InChI=1S/C21H24N4O2S/c1-25(13-18-23-17-7-9-28-20(17)21(27)24-18)19(26)11-15-4-2-14(3-5-15)10-16-6-8-22-12-16/h2-5,7,9,16,22H,6,8,10-13H2,1H3,(H,23,24,27). The van der Waals surface area contributed by atoms with Gasteiger partial charge in [0.05, 0.1) is 18.5 Å². The van der Waals surface area contributed by atoms with Crippen molar-refractivity contribution in [2.45, 2.75) is 25.8 Å². The first-order valence-electron chi connectivity index (χ1n) is 9.57. The van der Waals surface area contributed by atoms with Crippen LogP contribution in [0.3, 0.4) is 0 Å². The van der Waals surface area contributed by atoms with Gasteiger partial charge in [0.2, 0.25) is 5.91 Å². The van der Waals surface area contributed by atoms with Crippen molar-refractivity contribution in [3.05, 3.63) is 63.0 Å². The Balaban J connectivity index is 1.36. The van der Waals surface area contributed by atoms with E-state index in [0.29, 0.717) is 28.4 Å². The van der Waals surface area contributed by atoms with Gasteiger partial charge in [0, 0.05) is 7.05 Å². The first-order chi connectivity index (χ1) is 13.6. The maximum atomic E-state index is 12.6. The number of carbonyl (C=O) groups is 1. The molecule has 0 radical (unpaired) electrons. The van der Waals surface area contributed by atoms with Crippen LogP contribution in [0.25, 0.3) is 10.2 Å². The second-order valence-electron chi connectivity index (χ2n) is 7.45. The highest BCUT2D eigenvalue weighted by molar-refractivity contribution is 7.17. The quantitative estimate of drug-likeness (QED) is 0.670. The van der Waals surface area contributed by atoms with E-state index in [1.54, 1.807) is 11.9 Å². The van der Waals surface area contributed by atoms with Crippen LogP contribution in [0.4, 0.5) is 0 Å². The molecule has 3 heterocycles. The van der Waals surface area contributed by atoms with E-state index in [0.717, 1.165) is 25.1 Å². The van der Waals surface area contributed by atoms with Crippen LogP contribution in [0.2, 0.25) is 0 Å². The molecule has 1 aliphatic rings. The van der Waals surface area contributed by atoms with Gasteiger partial charge in [0.1, 0.15) is 10.5 Å². The van der Waals surface area contributed by atoms with E-state index in [-0.39, 0.29) is 18.0 Å². The van der Waals surface area contributed by atoms with Crippen LogP contribution in [-0.2, 0) is 24.2 Å². The normalized spacial score (nSPS) is 16.5. The van der Waals surface area contributed by atoms with E-state index >= 15 is 0 Å². The third kappa shape index (κ3) is 4.31. The summed E-state index contributed by atoms with van der Waals surface area (Å²) in [5.41, 5.74) is 2.85. The fraction of sp³-hybridized carbons (Fsp3) is 0.381. The monoisotopic (exact) mass is 396 g/mol. The largest absolute Gasteiger partial charge is 0.338 e. The maximum absolute atomic E-state index is 12.6. The van der Waals surface area contributed by atoms with Crippen LogP contribution >= 0.6 is 11.3 Å². The van der Waals surface area contributed by atoms with E-state index < -0.39 is 0 Å². The van der Waals surface area contributed by atoms with Crippen molar-refractivity contribution in [3.63, 3.8) is 0 Å². The molecule has 2 N–H and O–H groups in total. The Morgan fingerprint density at radius 3 is 2.79 bits per heavy atom. The predicted octanol–water partition coefficient (Wildman–Crippen LogP) is 2.34. The molecule has 2 aromatic heterocycles. The van der Waals surface area contributed by atoms with Crippen LogP contribution in [0.5, 0.6) is 0 Å². The molecule has 6 nitrogen and oxygen atoms in total. The van der Waals surface area contributed by atoms with E-state index in [1.165, 1.54) is 23.3 Å². The highest BCUT2D eigenvalue weighted by Gasteiger charge is 2.16. The fourth-order valence-corrected chi connectivity index (χ4v) is 4.36. The average molecular weight is 397 g/mol. The van der Waals surface area contributed by atoms with Crippen molar-refractivity contribution in [1.82, 2.24) is 20.2 Å². The highest BCUT2D eigenvalue weighted by atomic mass is 32.1. The van der Waals surface area contributed by atoms with Gasteiger partial charge in [-0.2, -0.15) is 0 Å². The molecule has 1 aromatic carbocycles. The average Bonchev–Trinajstić information content (AvgIpc) is 3.35. The second-order valence-corrected chi connectivity index (χ2v) is 8.37. The number of rotatable bonds is 6. The Bertz CT molecular complexity index is 1020. The first kappa shape index (κ1) is 18.8. The number of hydrogen-bond donors (Lipinski definition) is 2. The number of likely N-dealkylation sites (N-methyl/N-ethyl adjacent to an activating group) is 1. The Labute approximate surface area is 167 Å². The number of carbonyl (C=O) groups excluding carboxylic acids is 1. The number of H-pyrrole nitrogens is 1. The van der Waals surface area contributed by atoms with Gasteiger partial charge in [0.15, 0.2) is 0 Å². The van der Waals surface area contributed by atoms with Gasteiger partial charge in [-0.3, -0.25) is 9.59 Å². The lowest BCUT2D eigenvalue weighted by Gasteiger charge is -2.17. The van der Waals surface area contributed by atoms with Gasteiger partial charge in [-0.25, -0.2) is 4.98 Å². The van der Waals surface area contributed by atoms with Gasteiger partial charge in [-0.05, 0) is 54.4 Å². The van der Waals surface area contributed by atoms with Gasteiger partial charge in [-0.1, -0.05) is 24.3 Å². The molecule has 1 saturated heterocycles. The molecule has 4 rings (SSSR count). The molecule has 1 fully saturated rings. The Morgan fingerprint density at radius 1 is 1.25 bits per heavy atom. The summed E-state index contributed by atoms with van der Waals surface area (Å²) >= 11 is 1.37. The third-order valence-electron chi connectivity index (χ3n) is 5.24. The first-order valence-corrected chi connectivity index (χ1v) is 10.5. The second kappa shape index (κ2) is 8.24. The summed E-state index contributed by atoms with van der Waals surface area (Å²) in [6.07, 6.45) is 2.66. The highest BCUT2D eigenvalue weighted by Crippen LogP contribution is 2.17. The van der Waals surface area contributed by atoms with Crippen molar-refractivity contribution in [1.29, 1.82) is 0 Å². The van der Waals surface area contributed by atoms with Crippen molar-refractivity contribution in [3.8, 4) is 0 Å². The van der Waals surface area contributed by atoms with Crippen LogP contribution in [-0.4, -0.2) is 40.9 Å². The minimum absolute atomic E-state index is 0.000748. The van der Waals surface area contributed by atoms with E-state index in [4.69, 9.17) is 0 Å². The maximum Gasteiger partial charge on any atom is 0.268 e. The van der Waals surface area contributed by atoms with Gasteiger partial charge >= 0.3 is 0 Å². The number of benzene rings is 1. The molecule has 146 valence electrons. The van der Waals surface area contributed by atoms with Crippen molar-refractivity contribution >= 4 is 27.5 Å². The van der Waals surface area contributed by atoms with Gasteiger partial charge in [-0.15, -0.1) is 11.3 Å². The molecule has 0 spiro atoms. The lowest BCUT2D eigenvalue weighted by Crippen LogP contribution is -2.29. The van der Waals surface area contributed by atoms with Gasteiger partial charge in [0.25, 0.3) is 5.56 Å². The van der Waals surface area contributed by atoms with Crippen LogP contribution in [0, 0.1) is 5.92 Å². The minimum Gasteiger partial charge on any atom is -0.338 e. The number of thiophene rings is 1. The van der Waals surface area contributed by atoms with Crippen molar-refractivity contribution < 1.29 is 4.79 Å². The third-order valence-corrected chi connectivity index (χ3v) is 6.14. The number of fused-ring (bicyclic) bond motifs is 1. The zero-order chi connectivity index (χ0) is 19.5. The summed E-state index contributed by atoms with van der Waals surface area (Å²) in [4.78, 5) is 33.5.